The number of carbonyl (C=O) groups is 2. The number of benzene rings is 2. The van der Waals surface area contributed by atoms with Gasteiger partial charge in [-0.1, -0.05) is 43.3 Å². The maximum Gasteiger partial charge on any atom is 0.237 e. The van der Waals surface area contributed by atoms with Crippen molar-refractivity contribution in [2.24, 2.45) is 5.92 Å². The average molecular weight is 307 g/mol. The molecule has 1 aliphatic rings. The first kappa shape index (κ1) is 15.5. The fraction of sp³-hybridized carbons (Fsp3) is 0.300. The summed E-state index contributed by atoms with van der Waals surface area (Å²) in [6.45, 7) is 6.04. The molecule has 1 heterocycles. The Kier molecular flexibility index (Phi) is 4.03. The van der Waals surface area contributed by atoms with Crippen molar-refractivity contribution in [3.8, 4) is 0 Å². The van der Waals surface area contributed by atoms with Gasteiger partial charge >= 0.3 is 0 Å². The van der Waals surface area contributed by atoms with Crippen molar-refractivity contribution in [2.75, 3.05) is 4.90 Å². The molecule has 3 heteroatoms. The lowest BCUT2D eigenvalue weighted by atomic mass is 9.86. The van der Waals surface area contributed by atoms with E-state index in [0.717, 1.165) is 16.7 Å². The first-order valence-corrected chi connectivity index (χ1v) is 7.98. The zero-order valence-electron chi connectivity index (χ0n) is 13.7. The second-order valence-corrected chi connectivity index (χ2v) is 6.35. The largest absolute Gasteiger partial charge is 0.274 e. The van der Waals surface area contributed by atoms with Crippen molar-refractivity contribution < 1.29 is 9.59 Å². The lowest BCUT2D eigenvalue weighted by molar-refractivity contribution is -0.122. The Hall–Kier alpha value is -2.42. The summed E-state index contributed by atoms with van der Waals surface area (Å²) in [6.07, 6.45) is 0.280. The molecule has 0 spiro atoms. The smallest absolute Gasteiger partial charge is 0.237 e. The van der Waals surface area contributed by atoms with Crippen LogP contribution in [0.25, 0.3) is 0 Å². The Morgan fingerprint density at radius 3 is 2.35 bits per heavy atom. The minimum absolute atomic E-state index is 0.0317. The SMILES string of the molecule is Cc1ccc(N2C(=O)C[C@@H]([C@@H](C)c3ccccc3)C2=O)cc1C. The summed E-state index contributed by atoms with van der Waals surface area (Å²) in [7, 11) is 0. The normalized spacial score (nSPS) is 19.3. The molecular formula is C20H21NO2. The molecule has 3 nitrogen and oxygen atoms in total. The highest BCUT2D eigenvalue weighted by atomic mass is 16.2. The van der Waals surface area contributed by atoms with E-state index in [4.69, 9.17) is 0 Å². The summed E-state index contributed by atoms with van der Waals surface area (Å²) in [5.41, 5.74) is 4.02. The molecule has 2 aromatic rings. The third-order valence-electron chi connectivity index (χ3n) is 4.86. The van der Waals surface area contributed by atoms with Crippen molar-refractivity contribution in [1.29, 1.82) is 0 Å². The van der Waals surface area contributed by atoms with Crippen molar-refractivity contribution in [3.05, 3.63) is 65.2 Å². The standard InChI is InChI=1S/C20H21NO2/c1-13-9-10-17(11-14(13)2)21-19(22)12-18(20(21)23)15(3)16-7-5-4-6-8-16/h4-11,15,18H,12H2,1-3H3/t15-,18-/m0/s1. The van der Waals surface area contributed by atoms with E-state index in [9.17, 15) is 9.59 Å². The predicted molar refractivity (Wildman–Crippen MR) is 91.4 cm³/mol. The van der Waals surface area contributed by atoms with Crippen LogP contribution < -0.4 is 4.90 Å². The minimum Gasteiger partial charge on any atom is -0.274 e. The maximum atomic E-state index is 12.8. The van der Waals surface area contributed by atoms with Crippen LogP contribution in [-0.2, 0) is 9.59 Å². The van der Waals surface area contributed by atoms with Gasteiger partial charge in [-0.05, 0) is 48.6 Å². The lowest BCUT2D eigenvalue weighted by Crippen LogP contribution is -2.31. The highest BCUT2D eigenvalue weighted by molar-refractivity contribution is 6.21. The third kappa shape index (κ3) is 2.79. The van der Waals surface area contributed by atoms with Crippen LogP contribution in [0.1, 0.15) is 36.0 Å². The summed E-state index contributed by atoms with van der Waals surface area (Å²) in [5.74, 6) is -0.448. The van der Waals surface area contributed by atoms with Gasteiger partial charge < -0.3 is 0 Å². The Labute approximate surface area is 136 Å². The number of nitrogens with zero attached hydrogens (tertiary/aromatic N) is 1. The number of aryl methyl sites for hydroxylation is 2. The highest BCUT2D eigenvalue weighted by Gasteiger charge is 2.42. The second-order valence-electron chi connectivity index (χ2n) is 6.35. The Bertz CT molecular complexity index is 751. The lowest BCUT2D eigenvalue weighted by Gasteiger charge is -2.20. The molecule has 23 heavy (non-hydrogen) atoms. The summed E-state index contributed by atoms with van der Waals surface area (Å²) < 4.78 is 0. The van der Waals surface area contributed by atoms with E-state index in [-0.39, 0.29) is 30.1 Å². The molecular weight excluding hydrogens is 286 g/mol. The van der Waals surface area contributed by atoms with Gasteiger partial charge in [0.05, 0.1) is 11.6 Å². The zero-order valence-corrected chi connectivity index (χ0v) is 13.7. The number of carbonyl (C=O) groups excluding carboxylic acids is 2. The molecule has 2 atom stereocenters. The van der Waals surface area contributed by atoms with Gasteiger partial charge in [0.25, 0.3) is 0 Å². The van der Waals surface area contributed by atoms with Crippen molar-refractivity contribution >= 4 is 17.5 Å². The van der Waals surface area contributed by atoms with Crippen LogP contribution in [0.15, 0.2) is 48.5 Å². The van der Waals surface area contributed by atoms with Crippen LogP contribution in [-0.4, -0.2) is 11.8 Å². The van der Waals surface area contributed by atoms with Gasteiger partial charge in [0.15, 0.2) is 0 Å². The van der Waals surface area contributed by atoms with E-state index in [2.05, 4.69) is 0 Å². The molecule has 0 N–H and O–H groups in total. The van der Waals surface area contributed by atoms with Gasteiger partial charge in [-0.15, -0.1) is 0 Å². The molecule has 1 saturated heterocycles. The van der Waals surface area contributed by atoms with Crippen molar-refractivity contribution in [1.82, 2.24) is 0 Å². The zero-order chi connectivity index (χ0) is 16.6. The Morgan fingerprint density at radius 2 is 1.70 bits per heavy atom. The molecule has 2 aromatic carbocycles. The van der Waals surface area contributed by atoms with Crippen LogP contribution in [0, 0.1) is 19.8 Å². The predicted octanol–water partition coefficient (Wildman–Crippen LogP) is 3.99. The van der Waals surface area contributed by atoms with E-state index < -0.39 is 0 Å². The van der Waals surface area contributed by atoms with E-state index in [1.165, 1.54) is 4.90 Å². The molecule has 2 amide bonds. The topological polar surface area (TPSA) is 37.4 Å². The summed E-state index contributed by atoms with van der Waals surface area (Å²) >= 11 is 0. The Balaban J connectivity index is 1.89. The van der Waals surface area contributed by atoms with E-state index in [1.54, 1.807) is 0 Å². The number of anilines is 1. The molecule has 1 aliphatic heterocycles. The fourth-order valence-corrected chi connectivity index (χ4v) is 3.17. The monoisotopic (exact) mass is 307 g/mol. The molecule has 0 saturated carbocycles. The van der Waals surface area contributed by atoms with Gasteiger partial charge in [-0.3, -0.25) is 14.5 Å². The highest BCUT2D eigenvalue weighted by Crippen LogP contribution is 2.36. The van der Waals surface area contributed by atoms with Crippen LogP contribution in [0.2, 0.25) is 0 Å². The quantitative estimate of drug-likeness (QED) is 0.804. The van der Waals surface area contributed by atoms with E-state index in [1.807, 2.05) is 69.3 Å². The molecule has 1 fully saturated rings. The summed E-state index contributed by atoms with van der Waals surface area (Å²) in [4.78, 5) is 26.6. The van der Waals surface area contributed by atoms with Gasteiger partial charge in [0, 0.05) is 6.42 Å². The first-order chi connectivity index (χ1) is 11.0. The van der Waals surface area contributed by atoms with Crippen LogP contribution in [0.5, 0.6) is 0 Å². The van der Waals surface area contributed by atoms with Gasteiger partial charge in [-0.2, -0.15) is 0 Å². The van der Waals surface area contributed by atoms with Crippen LogP contribution in [0.4, 0.5) is 5.69 Å². The molecule has 0 aliphatic carbocycles. The van der Waals surface area contributed by atoms with Crippen molar-refractivity contribution in [2.45, 2.75) is 33.1 Å². The maximum absolute atomic E-state index is 12.8. The summed E-state index contributed by atoms with van der Waals surface area (Å²) in [6, 6.07) is 15.7. The third-order valence-corrected chi connectivity index (χ3v) is 4.86. The van der Waals surface area contributed by atoms with Gasteiger partial charge in [0.2, 0.25) is 11.8 Å². The molecule has 0 bridgehead atoms. The van der Waals surface area contributed by atoms with Crippen molar-refractivity contribution in [3.63, 3.8) is 0 Å². The van der Waals surface area contributed by atoms with Gasteiger partial charge in [-0.25, -0.2) is 0 Å². The second kappa shape index (κ2) is 5.99. The average Bonchev–Trinajstić information content (AvgIpc) is 2.85. The van der Waals surface area contributed by atoms with Crippen LogP contribution >= 0.6 is 0 Å². The minimum atomic E-state index is -0.286. The van der Waals surface area contributed by atoms with E-state index in [0.29, 0.717) is 5.69 Å². The first-order valence-electron chi connectivity index (χ1n) is 7.98. The summed E-state index contributed by atoms with van der Waals surface area (Å²) in [5, 5.41) is 0. The van der Waals surface area contributed by atoms with Crippen LogP contribution in [0.3, 0.4) is 0 Å². The molecule has 3 rings (SSSR count). The number of hydrogen-bond donors (Lipinski definition) is 0. The Morgan fingerprint density at radius 1 is 1.00 bits per heavy atom. The van der Waals surface area contributed by atoms with Gasteiger partial charge in [0.1, 0.15) is 0 Å². The number of amides is 2. The van der Waals surface area contributed by atoms with E-state index >= 15 is 0 Å². The number of hydrogen-bond acceptors (Lipinski definition) is 2. The fourth-order valence-electron chi connectivity index (χ4n) is 3.17. The number of rotatable bonds is 3. The molecule has 0 unspecified atom stereocenters. The molecule has 0 aromatic heterocycles. The number of imide groups is 1. The molecule has 118 valence electrons. The molecule has 0 radical (unpaired) electrons.